The van der Waals surface area contributed by atoms with Gasteiger partial charge in [0.05, 0.1) is 9.82 Å². The molecule has 0 fully saturated rings. The summed E-state index contributed by atoms with van der Waals surface area (Å²) in [4.78, 5) is 9.13. The van der Waals surface area contributed by atoms with Crippen LogP contribution in [-0.2, 0) is 10.1 Å². The first-order chi connectivity index (χ1) is 5.91. The number of nitro benzene ring substituents is 1. The zero-order chi connectivity index (χ0) is 10.1. The molecule has 0 unspecified atom stereocenters. The third-order valence-corrected chi connectivity index (χ3v) is 2.21. The van der Waals surface area contributed by atoms with Crippen molar-refractivity contribution in [3.63, 3.8) is 0 Å². The first kappa shape index (κ1) is 14.2. The fourth-order valence-electron chi connectivity index (χ4n) is 0.740. The van der Waals surface area contributed by atoms with Crippen LogP contribution in [0.4, 0.5) is 5.69 Å². The Kier molecular flexibility index (Phi) is 5.37. The van der Waals surface area contributed by atoms with E-state index in [2.05, 4.69) is 0 Å². The molecule has 0 aliphatic rings. The maximum atomic E-state index is 10.5. The van der Waals surface area contributed by atoms with Crippen molar-refractivity contribution in [1.29, 1.82) is 0 Å². The van der Waals surface area contributed by atoms with Gasteiger partial charge in [0.1, 0.15) is 0 Å². The second-order valence-corrected chi connectivity index (χ2v) is 3.65. The van der Waals surface area contributed by atoms with Crippen molar-refractivity contribution in [3.05, 3.63) is 34.4 Å². The smallest absolute Gasteiger partial charge is 0.282 e. The van der Waals surface area contributed by atoms with Crippen LogP contribution in [0.25, 0.3) is 0 Å². The van der Waals surface area contributed by atoms with E-state index in [4.69, 9.17) is 4.55 Å². The van der Waals surface area contributed by atoms with Crippen LogP contribution in [0, 0.1) is 10.1 Å². The molecule has 1 aromatic carbocycles. The molecule has 0 aliphatic carbocycles. The maximum absolute atomic E-state index is 10.5. The standard InChI is InChI=1S/C6H5NO5S.K/c8-7(9)5-1-3-6(4-2-5)13(10,11)12;/h1-4H,(H,10,11,12);. The first-order valence-electron chi connectivity index (χ1n) is 3.13. The Labute approximate surface area is 123 Å². The largest absolute Gasteiger partial charge is 0.294 e. The van der Waals surface area contributed by atoms with Gasteiger partial charge in [-0.2, -0.15) is 8.42 Å². The minimum atomic E-state index is -4.27. The van der Waals surface area contributed by atoms with Gasteiger partial charge in [-0.15, -0.1) is 0 Å². The number of nitrogens with zero attached hydrogens (tertiary/aromatic N) is 1. The van der Waals surface area contributed by atoms with Crippen molar-refractivity contribution in [2.45, 2.75) is 4.90 Å². The summed E-state index contributed by atoms with van der Waals surface area (Å²) < 4.78 is 29.5. The second-order valence-electron chi connectivity index (χ2n) is 2.23. The van der Waals surface area contributed by atoms with E-state index in [0.29, 0.717) is 0 Å². The molecule has 0 saturated heterocycles. The number of benzene rings is 1. The minimum Gasteiger partial charge on any atom is -0.282 e. The Balaban J connectivity index is 0.00000169. The Morgan fingerprint density at radius 1 is 1.21 bits per heavy atom. The summed E-state index contributed by atoms with van der Waals surface area (Å²) in [5.41, 5.74) is -0.229. The summed E-state index contributed by atoms with van der Waals surface area (Å²) in [5, 5.41) is 10.2. The topological polar surface area (TPSA) is 97.5 Å². The molecule has 0 saturated carbocycles. The summed E-state index contributed by atoms with van der Waals surface area (Å²) >= 11 is 0. The van der Waals surface area contributed by atoms with Crippen molar-refractivity contribution >= 4 is 67.2 Å². The number of rotatable bonds is 2. The molecular weight excluding hydrogens is 237 g/mol. The third-order valence-electron chi connectivity index (χ3n) is 1.35. The van der Waals surface area contributed by atoms with Crippen LogP contribution in [0.1, 0.15) is 0 Å². The third kappa shape index (κ3) is 3.73. The van der Waals surface area contributed by atoms with Crippen LogP contribution in [0.15, 0.2) is 29.2 Å². The zero-order valence-electron chi connectivity index (χ0n) is 7.25. The number of non-ortho nitro benzene ring substituents is 1. The molecule has 0 aromatic heterocycles. The summed E-state index contributed by atoms with van der Waals surface area (Å²) in [7, 11) is -4.27. The van der Waals surface area contributed by atoms with Gasteiger partial charge < -0.3 is 0 Å². The van der Waals surface area contributed by atoms with Gasteiger partial charge in [-0.3, -0.25) is 14.7 Å². The molecule has 1 aromatic rings. The average Bonchev–Trinajstić information content (AvgIpc) is 2.03. The first-order valence-corrected chi connectivity index (χ1v) is 4.57. The van der Waals surface area contributed by atoms with E-state index >= 15 is 0 Å². The van der Waals surface area contributed by atoms with Crippen LogP contribution >= 0.6 is 0 Å². The molecule has 8 heteroatoms. The van der Waals surface area contributed by atoms with Crippen molar-refractivity contribution < 1.29 is 17.9 Å². The molecule has 0 heterocycles. The molecule has 6 nitrogen and oxygen atoms in total. The molecule has 0 bridgehead atoms. The Morgan fingerprint density at radius 3 is 1.93 bits per heavy atom. The Bertz CT molecular complexity index is 426. The van der Waals surface area contributed by atoms with Gasteiger partial charge in [0.15, 0.2) is 0 Å². The van der Waals surface area contributed by atoms with Gasteiger partial charge in [-0.1, -0.05) is 0 Å². The van der Waals surface area contributed by atoms with Gasteiger partial charge >= 0.3 is 0 Å². The van der Waals surface area contributed by atoms with E-state index in [1.54, 1.807) is 0 Å². The monoisotopic (exact) mass is 242 g/mol. The van der Waals surface area contributed by atoms with Gasteiger partial charge in [0.2, 0.25) is 0 Å². The van der Waals surface area contributed by atoms with Crippen LogP contribution in [-0.4, -0.2) is 69.3 Å². The molecule has 71 valence electrons. The molecule has 0 amide bonds. The van der Waals surface area contributed by atoms with E-state index in [1.165, 1.54) is 0 Å². The number of nitro groups is 1. The van der Waals surface area contributed by atoms with Gasteiger partial charge in [0.25, 0.3) is 15.8 Å². The van der Waals surface area contributed by atoms with Gasteiger partial charge in [-0.05, 0) is 12.1 Å². The normalized spacial score (nSPS) is 10.4. The quantitative estimate of drug-likeness (QED) is 0.351. The summed E-state index contributed by atoms with van der Waals surface area (Å²) in [6.07, 6.45) is 0. The van der Waals surface area contributed by atoms with Gasteiger partial charge in [-0.25, -0.2) is 0 Å². The number of hydrogen-bond acceptors (Lipinski definition) is 4. The van der Waals surface area contributed by atoms with Crippen LogP contribution in [0.3, 0.4) is 0 Å². The van der Waals surface area contributed by atoms with Gasteiger partial charge in [0, 0.05) is 63.5 Å². The van der Waals surface area contributed by atoms with E-state index in [-0.39, 0.29) is 62.0 Å². The van der Waals surface area contributed by atoms with E-state index in [0.717, 1.165) is 24.3 Å². The van der Waals surface area contributed by atoms with Crippen molar-refractivity contribution in [1.82, 2.24) is 0 Å². The molecule has 14 heavy (non-hydrogen) atoms. The van der Waals surface area contributed by atoms with E-state index in [1.807, 2.05) is 0 Å². The number of hydrogen-bond donors (Lipinski definition) is 1. The molecule has 0 atom stereocenters. The fourth-order valence-corrected chi connectivity index (χ4v) is 1.22. The van der Waals surface area contributed by atoms with Crippen molar-refractivity contribution in [2.75, 3.05) is 0 Å². The second kappa shape index (κ2) is 5.31. The van der Waals surface area contributed by atoms with Crippen LogP contribution in [0.2, 0.25) is 0 Å². The zero-order valence-corrected chi connectivity index (χ0v) is 11.2. The predicted octanol–water partition coefficient (Wildman–Crippen LogP) is 0.461. The van der Waals surface area contributed by atoms with Crippen molar-refractivity contribution in [3.8, 4) is 0 Å². The molecule has 0 spiro atoms. The molecule has 1 N–H and O–H groups in total. The molecular formula is C6H5KNO5S. The molecule has 0 aliphatic heterocycles. The summed E-state index contributed by atoms with van der Waals surface area (Å²) in [6, 6.07) is 3.94. The average molecular weight is 242 g/mol. The fraction of sp³-hybridized carbons (Fsp3) is 0. The van der Waals surface area contributed by atoms with Crippen LogP contribution in [0.5, 0.6) is 0 Å². The molecule has 1 rings (SSSR count). The maximum Gasteiger partial charge on any atom is 0.294 e. The Morgan fingerprint density at radius 2 is 1.64 bits per heavy atom. The molecule has 1 radical (unpaired) electrons. The van der Waals surface area contributed by atoms with Crippen LogP contribution < -0.4 is 0 Å². The summed E-state index contributed by atoms with van der Waals surface area (Å²) in [5.74, 6) is 0. The van der Waals surface area contributed by atoms with E-state index < -0.39 is 15.0 Å². The minimum absolute atomic E-state index is 0. The van der Waals surface area contributed by atoms with Crippen molar-refractivity contribution in [2.24, 2.45) is 0 Å². The SMILES string of the molecule is O=[N+]([O-])c1ccc(S(=O)(=O)O)cc1.[K]. The predicted molar refractivity (Wildman–Crippen MR) is 48.7 cm³/mol. The van der Waals surface area contributed by atoms with E-state index in [9.17, 15) is 18.5 Å². The Hall–Kier alpha value is 0.166. The summed E-state index contributed by atoms with van der Waals surface area (Å²) in [6.45, 7) is 0.